The first-order valence-electron chi connectivity index (χ1n) is 21.5. The topological polar surface area (TPSA) is 162 Å². The van der Waals surface area contributed by atoms with Gasteiger partial charge in [0.25, 0.3) is 5.69 Å². The lowest BCUT2D eigenvalue weighted by Gasteiger charge is -2.58. The summed E-state index contributed by atoms with van der Waals surface area (Å²) >= 11 is 1.58. The lowest BCUT2D eigenvalue weighted by molar-refractivity contribution is -0.384. The monoisotopic (exact) mass is 879 g/mol. The third-order valence-corrected chi connectivity index (χ3v) is 13.3. The molecule has 1 heterocycles. The van der Waals surface area contributed by atoms with E-state index in [1.54, 1.807) is 48.2 Å². The van der Waals surface area contributed by atoms with Gasteiger partial charge in [-0.2, -0.15) is 0 Å². The van der Waals surface area contributed by atoms with Crippen LogP contribution >= 0.6 is 11.8 Å². The average Bonchev–Trinajstić information content (AvgIpc) is 3.28. The number of aliphatic hydroxyl groups excluding tert-OH is 2. The highest BCUT2D eigenvalue weighted by molar-refractivity contribution is 8.00. The van der Waals surface area contributed by atoms with Crippen LogP contribution < -0.4 is 14.8 Å². The number of fused-ring (bicyclic) bond motifs is 2. The summed E-state index contributed by atoms with van der Waals surface area (Å²) in [6, 6.07) is 26.1. The second-order valence-corrected chi connectivity index (χ2v) is 17.4. The van der Waals surface area contributed by atoms with E-state index in [1.165, 1.54) is 25.1 Å². The van der Waals surface area contributed by atoms with Crippen molar-refractivity contribution >= 4 is 34.8 Å². The Morgan fingerprint density at radius 3 is 2.46 bits per heavy atom. The number of aliphatic hydroxyl groups is 2. The van der Waals surface area contributed by atoms with Gasteiger partial charge in [0.2, 0.25) is 11.7 Å². The number of oxime groups is 1. The fraction of sp³-hybridized carbons (Fsp3) is 0.388. The maximum Gasteiger partial charge on any atom is 0.269 e. The van der Waals surface area contributed by atoms with Gasteiger partial charge in [0.1, 0.15) is 30.5 Å². The van der Waals surface area contributed by atoms with Crippen molar-refractivity contribution in [3.63, 3.8) is 0 Å². The molecule has 2 aliphatic carbocycles. The number of carbonyl (C=O) groups excluding carboxylic acids is 1. The van der Waals surface area contributed by atoms with Gasteiger partial charge in [-0.25, -0.2) is 4.39 Å². The number of nitro groups is 1. The highest BCUT2D eigenvalue weighted by Crippen LogP contribution is 2.63. The van der Waals surface area contributed by atoms with Crippen LogP contribution in [0.5, 0.6) is 11.5 Å². The highest BCUT2D eigenvalue weighted by atomic mass is 32.2. The smallest absolute Gasteiger partial charge is 0.269 e. The Morgan fingerprint density at radius 2 is 1.76 bits per heavy atom. The number of thioether (sulfide) groups is 1. The number of allylic oxidation sites excluding steroid dienone is 1. The molecule has 0 aromatic heterocycles. The van der Waals surface area contributed by atoms with Crippen molar-refractivity contribution in [2.75, 3.05) is 25.1 Å². The molecule has 1 saturated carbocycles. The molecule has 1 amide bonds. The molecule has 0 unspecified atom stereocenters. The van der Waals surface area contributed by atoms with E-state index >= 15 is 0 Å². The molecule has 6 atom stereocenters. The van der Waals surface area contributed by atoms with Gasteiger partial charge >= 0.3 is 0 Å². The fourth-order valence-corrected chi connectivity index (χ4v) is 10.5. The minimum atomic E-state index is -1.25. The number of amides is 1. The normalized spacial score (nSPS) is 22.8. The predicted octanol–water partition coefficient (Wildman–Crippen LogP) is 9.90. The van der Waals surface area contributed by atoms with Crippen LogP contribution in [0, 0.1) is 33.7 Å². The molecular weight excluding hydrogens is 826 g/mol. The van der Waals surface area contributed by atoms with E-state index in [-0.39, 0.29) is 68.2 Å². The van der Waals surface area contributed by atoms with Gasteiger partial charge in [-0.1, -0.05) is 48.3 Å². The third-order valence-electron chi connectivity index (χ3n) is 12.0. The van der Waals surface area contributed by atoms with Gasteiger partial charge < -0.3 is 34.6 Å². The number of nitrogens with zero attached hydrogens (tertiary/aromatic N) is 2. The fourth-order valence-electron chi connectivity index (χ4n) is 9.17. The summed E-state index contributed by atoms with van der Waals surface area (Å²) in [7, 11) is 0. The number of non-ortho nitro benzene ring substituents is 1. The summed E-state index contributed by atoms with van der Waals surface area (Å²) in [4.78, 5) is 29.8. The molecular formula is C49H54FN3O9S. The third kappa shape index (κ3) is 10.6. The number of nitro benzene ring substituents is 1. The molecule has 7 rings (SSSR count). The molecule has 0 saturated heterocycles. The van der Waals surface area contributed by atoms with Crippen molar-refractivity contribution in [1.82, 2.24) is 0 Å². The number of hydrogen-bond acceptors (Lipinski definition) is 11. The Balaban J connectivity index is 1.37. The first-order chi connectivity index (χ1) is 30.6. The second kappa shape index (κ2) is 21.2. The lowest BCUT2D eigenvalue weighted by Crippen LogP contribution is -2.64. The molecule has 12 nitrogen and oxygen atoms in total. The number of carbonyl (C=O) groups is 1. The first-order valence-corrected chi connectivity index (χ1v) is 22.4. The zero-order valence-corrected chi connectivity index (χ0v) is 36.1. The predicted molar refractivity (Wildman–Crippen MR) is 240 cm³/mol. The van der Waals surface area contributed by atoms with E-state index in [0.717, 1.165) is 47.4 Å². The molecule has 3 N–H and O–H groups in total. The quantitative estimate of drug-likeness (QED) is 0.0318. The van der Waals surface area contributed by atoms with Gasteiger partial charge in [0.15, 0.2) is 0 Å². The van der Waals surface area contributed by atoms with Crippen LogP contribution in [-0.2, 0) is 27.6 Å². The number of halogens is 1. The Bertz CT molecular complexity index is 2290. The Hall–Kier alpha value is -5.54. The van der Waals surface area contributed by atoms with Crippen molar-refractivity contribution in [1.29, 1.82) is 0 Å². The largest absolute Gasteiger partial charge is 0.489 e. The molecule has 0 bridgehead atoms. The van der Waals surface area contributed by atoms with Gasteiger partial charge in [-0.05, 0) is 109 Å². The van der Waals surface area contributed by atoms with E-state index in [0.29, 0.717) is 47.6 Å². The molecule has 0 spiro atoms. The molecule has 63 heavy (non-hydrogen) atoms. The van der Waals surface area contributed by atoms with Crippen LogP contribution in [0.2, 0.25) is 0 Å². The lowest BCUT2D eigenvalue weighted by atomic mass is 9.56. The second-order valence-electron chi connectivity index (χ2n) is 16.1. The van der Waals surface area contributed by atoms with Crippen LogP contribution in [0.25, 0.3) is 0 Å². The van der Waals surface area contributed by atoms with Crippen molar-refractivity contribution in [2.45, 2.75) is 86.9 Å². The summed E-state index contributed by atoms with van der Waals surface area (Å²) in [5.74, 6) is -1.12. The zero-order chi connectivity index (χ0) is 44.3. The van der Waals surface area contributed by atoms with Crippen LogP contribution in [-0.4, -0.2) is 57.6 Å². The first kappa shape index (κ1) is 45.5. The number of unbranched alkanes of at least 4 members (excludes halogenated alkanes) is 2. The van der Waals surface area contributed by atoms with Gasteiger partial charge in [0, 0.05) is 66.3 Å². The maximum atomic E-state index is 14.7. The van der Waals surface area contributed by atoms with Crippen LogP contribution in [0.15, 0.2) is 125 Å². The summed E-state index contributed by atoms with van der Waals surface area (Å²) in [5, 5.41) is 38.4. The Kier molecular flexibility index (Phi) is 15.3. The van der Waals surface area contributed by atoms with E-state index < -0.39 is 21.9 Å². The molecule has 332 valence electrons. The minimum Gasteiger partial charge on any atom is -0.489 e. The zero-order valence-electron chi connectivity index (χ0n) is 35.3. The molecule has 4 aromatic carbocycles. The van der Waals surface area contributed by atoms with E-state index in [4.69, 9.17) is 24.2 Å². The molecule has 4 aromatic rings. The van der Waals surface area contributed by atoms with Crippen molar-refractivity contribution in [2.24, 2.45) is 22.9 Å². The molecule has 1 aliphatic heterocycles. The molecule has 14 heteroatoms. The maximum absolute atomic E-state index is 14.7. The standard InChI is InChI=1S/C49H54FN3O9S/c1-3-26-60-49-46(63-39-21-16-36(17-22-39)51-32(2)56)29-44(52-61-30-33-14-18-37(19-15-33)53(57)58)41-27-34(10-6-8-24-54)40(12-7-9-25-55)47(48(41)49)42-28-38(20-23-45(42)62-49)59-31-35-11-4-5-13-43(35)50/h3-5,11,13-23,27-28,34,40,46-48,54-55H,1,6-10,12,24-26,29-31H2,2H3,(H,51,56)/t34-,40+,46-,47+,48+,49+/m0/s1. The van der Waals surface area contributed by atoms with Crippen LogP contribution in [0.4, 0.5) is 15.8 Å². The molecule has 1 fully saturated rings. The number of rotatable bonds is 21. The summed E-state index contributed by atoms with van der Waals surface area (Å²) in [5.41, 5.74) is 4.38. The SMILES string of the molecule is C=CCO[C@@]12Oc3ccc(OCc4ccccc4F)cc3[C@H]3[C@H](CCCCO)[C@@H](CCCCO)C=C(C(=NOCc4ccc([N+](=O)[O-])cc4)C[C@@H]1Sc1ccc(NC(C)=O)cc1)[C@H]32. The molecule has 0 radical (unpaired) electrons. The number of benzene rings is 4. The van der Waals surface area contributed by atoms with E-state index in [9.17, 15) is 29.5 Å². The average molecular weight is 880 g/mol. The Labute approximate surface area is 371 Å². The number of ether oxygens (including phenoxy) is 3. The molecule has 3 aliphatic rings. The van der Waals surface area contributed by atoms with Crippen molar-refractivity contribution in [3.05, 3.63) is 148 Å². The number of nitrogens with one attached hydrogen (secondary N) is 1. The Morgan fingerprint density at radius 1 is 1.02 bits per heavy atom. The minimum absolute atomic E-state index is 0.0178. The van der Waals surface area contributed by atoms with Crippen molar-refractivity contribution < 1.29 is 43.4 Å². The van der Waals surface area contributed by atoms with Crippen LogP contribution in [0.3, 0.4) is 0 Å². The van der Waals surface area contributed by atoms with Crippen LogP contribution in [0.1, 0.15) is 74.5 Å². The van der Waals surface area contributed by atoms with Gasteiger partial charge in [-0.15, -0.1) is 18.3 Å². The van der Waals surface area contributed by atoms with Crippen molar-refractivity contribution in [3.8, 4) is 11.5 Å². The summed E-state index contributed by atoms with van der Waals surface area (Å²) < 4.78 is 35.3. The van der Waals surface area contributed by atoms with E-state index in [2.05, 4.69) is 18.0 Å². The summed E-state index contributed by atoms with van der Waals surface area (Å²) in [6.45, 7) is 5.93. The summed E-state index contributed by atoms with van der Waals surface area (Å²) in [6.07, 6.45) is 8.84. The number of anilines is 1. The highest BCUT2D eigenvalue weighted by Gasteiger charge is 2.64. The van der Waals surface area contributed by atoms with E-state index in [1.807, 2.05) is 42.5 Å². The van der Waals surface area contributed by atoms with Gasteiger partial charge in [-0.3, -0.25) is 14.9 Å². The van der Waals surface area contributed by atoms with Gasteiger partial charge in [0.05, 0.1) is 28.4 Å². The number of hydrogen-bond donors (Lipinski definition) is 3.